The quantitative estimate of drug-likeness (QED) is 0.795. The van der Waals surface area contributed by atoms with E-state index in [0.29, 0.717) is 0 Å². The van der Waals surface area contributed by atoms with E-state index in [1.807, 2.05) is 30.2 Å². The fourth-order valence-electron chi connectivity index (χ4n) is 2.67. The van der Waals surface area contributed by atoms with Gasteiger partial charge in [0.15, 0.2) is 4.34 Å². The number of carbonyl (C=O) groups is 1. The number of thiazole rings is 1. The summed E-state index contributed by atoms with van der Waals surface area (Å²) < 4.78 is 0.978. The van der Waals surface area contributed by atoms with Crippen LogP contribution in [0.1, 0.15) is 12.6 Å². The zero-order valence-corrected chi connectivity index (χ0v) is 15.1. The van der Waals surface area contributed by atoms with Gasteiger partial charge in [-0.3, -0.25) is 4.79 Å². The second kappa shape index (κ2) is 7.36. The summed E-state index contributed by atoms with van der Waals surface area (Å²) in [5, 5.41) is 1.95. The van der Waals surface area contributed by atoms with E-state index in [2.05, 4.69) is 34.1 Å². The van der Waals surface area contributed by atoms with Crippen LogP contribution in [0.2, 0.25) is 0 Å². The molecule has 0 radical (unpaired) electrons. The molecule has 1 aliphatic rings. The topological polar surface area (TPSA) is 36.4 Å². The number of aryl methyl sites for hydroxylation is 1. The number of thioether (sulfide) groups is 1. The van der Waals surface area contributed by atoms with E-state index in [-0.39, 0.29) is 11.2 Å². The summed E-state index contributed by atoms with van der Waals surface area (Å²) in [5.74, 6) is 0.218. The lowest BCUT2D eigenvalue weighted by molar-refractivity contribution is -0.130. The first kappa shape index (κ1) is 16.3. The summed E-state index contributed by atoms with van der Waals surface area (Å²) in [7, 11) is 0. The molecule has 2 heterocycles. The summed E-state index contributed by atoms with van der Waals surface area (Å²) in [4.78, 5) is 21.4. The minimum absolute atomic E-state index is 0.0798. The molecule has 122 valence electrons. The number of hydrogen-bond donors (Lipinski definition) is 0. The molecule has 0 aliphatic carbocycles. The number of rotatable bonds is 4. The largest absolute Gasteiger partial charge is 0.368 e. The Bertz CT molecular complexity index is 651. The molecular weight excluding hydrogens is 326 g/mol. The highest BCUT2D eigenvalue weighted by molar-refractivity contribution is 8.02. The highest BCUT2D eigenvalue weighted by atomic mass is 32.2. The molecule has 2 aromatic rings. The Morgan fingerprint density at radius 3 is 2.52 bits per heavy atom. The molecule has 0 N–H and O–H groups in total. The molecule has 1 atom stereocenters. The van der Waals surface area contributed by atoms with Gasteiger partial charge >= 0.3 is 0 Å². The lowest BCUT2D eigenvalue weighted by Gasteiger charge is -2.37. The molecule has 1 amide bonds. The minimum Gasteiger partial charge on any atom is -0.368 e. The predicted molar refractivity (Wildman–Crippen MR) is 97.4 cm³/mol. The van der Waals surface area contributed by atoms with E-state index in [4.69, 9.17) is 0 Å². The van der Waals surface area contributed by atoms with Gasteiger partial charge in [-0.1, -0.05) is 30.0 Å². The fourth-order valence-corrected chi connectivity index (χ4v) is 4.74. The number of piperazine rings is 1. The highest BCUT2D eigenvalue weighted by Gasteiger charge is 2.26. The fraction of sp³-hybridized carbons (Fsp3) is 0.412. The van der Waals surface area contributed by atoms with E-state index in [0.717, 1.165) is 36.2 Å². The van der Waals surface area contributed by atoms with Crippen molar-refractivity contribution in [2.24, 2.45) is 0 Å². The van der Waals surface area contributed by atoms with Gasteiger partial charge in [0.2, 0.25) is 5.91 Å². The average molecular weight is 348 g/mol. The maximum atomic E-state index is 12.6. The van der Waals surface area contributed by atoms with Crippen molar-refractivity contribution in [3.63, 3.8) is 0 Å². The smallest absolute Gasteiger partial charge is 0.235 e. The van der Waals surface area contributed by atoms with Crippen LogP contribution < -0.4 is 4.90 Å². The Balaban J connectivity index is 1.53. The van der Waals surface area contributed by atoms with Crippen molar-refractivity contribution in [3.8, 4) is 0 Å². The number of nitrogens with zero attached hydrogens (tertiary/aromatic N) is 3. The molecule has 1 aromatic heterocycles. The molecular formula is C17H21N3OS2. The third kappa shape index (κ3) is 4.06. The van der Waals surface area contributed by atoms with Crippen molar-refractivity contribution >= 4 is 34.7 Å². The van der Waals surface area contributed by atoms with Gasteiger partial charge in [0.05, 0.1) is 5.25 Å². The van der Waals surface area contributed by atoms with E-state index in [1.54, 1.807) is 23.1 Å². The highest BCUT2D eigenvalue weighted by Crippen LogP contribution is 2.28. The van der Waals surface area contributed by atoms with Gasteiger partial charge in [-0.05, 0) is 26.0 Å². The minimum atomic E-state index is -0.0798. The summed E-state index contributed by atoms with van der Waals surface area (Å²) in [6.07, 6.45) is 0. The number of aromatic nitrogens is 1. The van der Waals surface area contributed by atoms with Gasteiger partial charge in [-0.15, -0.1) is 11.3 Å². The molecule has 1 aliphatic heterocycles. The maximum Gasteiger partial charge on any atom is 0.235 e. The van der Waals surface area contributed by atoms with Crippen molar-refractivity contribution in [2.75, 3.05) is 31.1 Å². The van der Waals surface area contributed by atoms with Crippen LogP contribution in [-0.2, 0) is 4.79 Å². The van der Waals surface area contributed by atoms with Gasteiger partial charge < -0.3 is 9.80 Å². The Morgan fingerprint density at radius 2 is 1.91 bits per heavy atom. The molecule has 0 spiro atoms. The van der Waals surface area contributed by atoms with Gasteiger partial charge in [0.1, 0.15) is 0 Å². The first-order valence-electron chi connectivity index (χ1n) is 7.81. The van der Waals surface area contributed by atoms with Crippen LogP contribution in [0.15, 0.2) is 40.1 Å². The van der Waals surface area contributed by atoms with E-state index < -0.39 is 0 Å². The van der Waals surface area contributed by atoms with E-state index in [9.17, 15) is 4.79 Å². The Labute approximate surface area is 145 Å². The van der Waals surface area contributed by atoms with Crippen molar-refractivity contribution in [2.45, 2.75) is 23.4 Å². The molecule has 3 rings (SSSR count). The first-order chi connectivity index (χ1) is 11.1. The lowest BCUT2D eigenvalue weighted by atomic mass is 10.2. The number of hydrogen-bond acceptors (Lipinski definition) is 5. The van der Waals surface area contributed by atoms with Crippen LogP contribution in [0.25, 0.3) is 0 Å². The molecule has 1 unspecified atom stereocenters. The molecule has 1 saturated heterocycles. The Morgan fingerprint density at radius 1 is 1.22 bits per heavy atom. The standard InChI is InChI=1S/C17H21N3OS2/c1-13-12-22-17(18-13)23-14(2)16(21)20-10-8-19(9-11-20)15-6-4-3-5-7-15/h3-7,12,14H,8-11H2,1-2H3. The molecule has 4 nitrogen and oxygen atoms in total. The van der Waals surface area contributed by atoms with Crippen LogP contribution in [0.3, 0.4) is 0 Å². The van der Waals surface area contributed by atoms with Gasteiger partial charge in [-0.25, -0.2) is 4.98 Å². The van der Waals surface area contributed by atoms with E-state index >= 15 is 0 Å². The maximum absolute atomic E-state index is 12.6. The number of amides is 1. The van der Waals surface area contributed by atoms with Crippen LogP contribution in [0.4, 0.5) is 5.69 Å². The molecule has 23 heavy (non-hydrogen) atoms. The molecule has 1 fully saturated rings. The summed E-state index contributed by atoms with van der Waals surface area (Å²) >= 11 is 3.18. The van der Waals surface area contributed by atoms with Crippen LogP contribution in [0.5, 0.6) is 0 Å². The Hall–Kier alpha value is -1.53. The van der Waals surface area contributed by atoms with Crippen LogP contribution >= 0.6 is 23.1 Å². The number of anilines is 1. The second-order valence-electron chi connectivity index (χ2n) is 5.66. The second-order valence-corrected chi connectivity index (χ2v) is 8.11. The zero-order valence-electron chi connectivity index (χ0n) is 13.4. The summed E-state index contributed by atoms with van der Waals surface area (Å²) in [5.41, 5.74) is 2.26. The van der Waals surface area contributed by atoms with Crippen molar-refractivity contribution in [1.82, 2.24) is 9.88 Å². The average Bonchev–Trinajstić information content (AvgIpc) is 3.00. The number of carbonyl (C=O) groups excluding carboxylic acids is 1. The van der Waals surface area contributed by atoms with Gasteiger partial charge in [-0.2, -0.15) is 0 Å². The Kier molecular flexibility index (Phi) is 5.23. The first-order valence-corrected chi connectivity index (χ1v) is 9.57. The summed E-state index contributed by atoms with van der Waals surface area (Å²) in [6.45, 7) is 7.32. The predicted octanol–water partition coefficient (Wildman–Crippen LogP) is 3.28. The van der Waals surface area contributed by atoms with Crippen molar-refractivity contribution in [1.29, 1.82) is 0 Å². The monoisotopic (exact) mass is 347 g/mol. The third-order valence-corrected chi connectivity index (χ3v) is 6.11. The third-order valence-electron chi connectivity index (χ3n) is 3.94. The zero-order chi connectivity index (χ0) is 16.2. The van der Waals surface area contributed by atoms with Crippen molar-refractivity contribution in [3.05, 3.63) is 41.4 Å². The molecule has 0 saturated carbocycles. The number of benzene rings is 1. The summed E-state index contributed by atoms with van der Waals surface area (Å²) in [6, 6.07) is 10.4. The van der Waals surface area contributed by atoms with Gasteiger partial charge in [0.25, 0.3) is 0 Å². The molecule has 0 bridgehead atoms. The van der Waals surface area contributed by atoms with Crippen LogP contribution in [0, 0.1) is 6.92 Å². The van der Waals surface area contributed by atoms with E-state index in [1.165, 1.54) is 5.69 Å². The molecule has 1 aromatic carbocycles. The molecule has 6 heteroatoms. The number of para-hydroxylation sites is 1. The normalized spacial score (nSPS) is 16.4. The van der Waals surface area contributed by atoms with Gasteiger partial charge in [0, 0.05) is 42.9 Å². The SMILES string of the molecule is Cc1csc(SC(C)C(=O)N2CCN(c3ccccc3)CC2)n1. The lowest BCUT2D eigenvalue weighted by Crippen LogP contribution is -2.50. The van der Waals surface area contributed by atoms with Crippen molar-refractivity contribution < 1.29 is 4.79 Å². The van der Waals surface area contributed by atoms with Crippen LogP contribution in [-0.4, -0.2) is 47.2 Å².